The summed E-state index contributed by atoms with van der Waals surface area (Å²) in [5, 5.41) is 9.68. The van der Waals surface area contributed by atoms with Gasteiger partial charge in [-0.3, -0.25) is 4.79 Å². The van der Waals surface area contributed by atoms with Crippen molar-refractivity contribution in [2.75, 3.05) is 0 Å². The molecule has 0 amide bonds. The minimum absolute atomic E-state index is 0.285. The molecule has 4 rings (SSSR count). The van der Waals surface area contributed by atoms with Gasteiger partial charge in [0, 0.05) is 17.6 Å². The minimum atomic E-state index is -1.66. The van der Waals surface area contributed by atoms with E-state index in [0.29, 0.717) is 38.7 Å². The molecule has 0 aliphatic heterocycles. The lowest BCUT2D eigenvalue weighted by molar-refractivity contribution is -0.136. The molecule has 0 radical (unpaired) electrons. The Balaban J connectivity index is 1.70. The van der Waals surface area contributed by atoms with Crippen LogP contribution in [0.2, 0.25) is 0 Å². The lowest BCUT2D eigenvalue weighted by Crippen LogP contribution is -2.15. The highest BCUT2D eigenvalue weighted by Crippen LogP contribution is 2.31. The van der Waals surface area contributed by atoms with E-state index in [1.807, 2.05) is 6.07 Å². The van der Waals surface area contributed by atoms with Gasteiger partial charge in [-0.15, -0.1) is 0 Å². The Morgan fingerprint density at radius 2 is 1.97 bits per heavy atom. The number of benzene rings is 2. The maximum absolute atomic E-state index is 13.8. The van der Waals surface area contributed by atoms with Crippen LogP contribution >= 0.6 is 0 Å². The van der Waals surface area contributed by atoms with Crippen molar-refractivity contribution in [1.82, 2.24) is 8.96 Å². The second kappa shape index (κ2) is 8.17. The van der Waals surface area contributed by atoms with Gasteiger partial charge in [0.25, 0.3) is 0 Å². The Bertz CT molecular complexity index is 1210. The number of rotatable bonds is 6. The summed E-state index contributed by atoms with van der Waals surface area (Å²) in [5.41, 5.74) is 1.47. The van der Waals surface area contributed by atoms with E-state index in [1.165, 1.54) is 22.2 Å². The van der Waals surface area contributed by atoms with Crippen LogP contribution in [0.25, 0.3) is 10.9 Å². The fourth-order valence-electron chi connectivity index (χ4n) is 3.27. The van der Waals surface area contributed by atoms with Crippen LogP contribution in [0.15, 0.2) is 71.8 Å². The molecule has 2 aromatic carbocycles. The van der Waals surface area contributed by atoms with Crippen molar-refractivity contribution in [2.24, 2.45) is 0 Å². The van der Waals surface area contributed by atoms with Crippen molar-refractivity contribution in [3.63, 3.8) is 0 Å². The lowest BCUT2D eigenvalue weighted by Gasteiger charge is -2.14. The first-order valence-corrected chi connectivity index (χ1v) is 10.2. The third-order valence-corrected chi connectivity index (χ3v) is 6.10. The summed E-state index contributed by atoms with van der Waals surface area (Å²) in [7, 11) is 0. The quantitative estimate of drug-likeness (QED) is 0.461. The van der Waals surface area contributed by atoms with Crippen LogP contribution in [0.1, 0.15) is 11.3 Å². The Hall–Kier alpha value is -3.36. The predicted molar refractivity (Wildman–Crippen MR) is 111 cm³/mol. The topological polar surface area (TPSA) is 87.4 Å². The summed E-state index contributed by atoms with van der Waals surface area (Å²) in [6, 6.07) is 16.1. The lowest BCUT2D eigenvalue weighted by atomic mass is 10.1. The molecule has 0 aliphatic carbocycles. The van der Waals surface area contributed by atoms with E-state index in [2.05, 4.69) is 4.98 Å². The van der Waals surface area contributed by atoms with Crippen molar-refractivity contribution >= 4 is 28.2 Å². The average Bonchev–Trinajstić information content (AvgIpc) is 2.99. The molecule has 2 aromatic heterocycles. The molecule has 4 aromatic rings. The average molecular weight is 424 g/mol. The highest BCUT2D eigenvalue weighted by Gasteiger charge is 2.25. The van der Waals surface area contributed by atoms with Crippen LogP contribution in [0, 0.1) is 12.7 Å². The molecule has 1 unspecified atom stereocenters. The number of hydrogen-bond donors (Lipinski definition) is 1. The van der Waals surface area contributed by atoms with Crippen LogP contribution in [-0.2, 0) is 22.6 Å². The summed E-state index contributed by atoms with van der Waals surface area (Å²) in [4.78, 5) is 15.9. The number of aromatic nitrogens is 2. The normalized spacial score (nSPS) is 12.1. The van der Waals surface area contributed by atoms with E-state index in [1.54, 1.807) is 49.5 Å². The summed E-state index contributed by atoms with van der Waals surface area (Å²) < 4.78 is 34.3. The maximum Gasteiger partial charge on any atom is 0.307 e. The van der Waals surface area contributed by atoms with Crippen molar-refractivity contribution in [1.29, 1.82) is 0 Å². The number of carbonyl (C=O) groups is 1. The molecule has 6 nitrogen and oxygen atoms in total. The van der Waals surface area contributed by atoms with Crippen LogP contribution in [0.3, 0.4) is 0 Å². The van der Waals surface area contributed by atoms with E-state index < -0.39 is 23.1 Å². The Morgan fingerprint density at radius 3 is 2.63 bits per heavy atom. The third-order valence-electron chi connectivity index (χ3n) is 4.62. The summed E-state index contributed by atoms with van der Waals surface area (Å²) in [6.07, 6.45) is 1.34. The van der Waals surface area contributed by atoms with E-state index >= 15 is 0 Å². The van der Waals surface area contributed by atoms with Crippen LogP contribution in [-0.4, -0.2) is 24.6 Å². The van der Waals surface area contributed by atoms with Crippen LogP contribution in [0.5, 0.6) is 11.6 Å². The molecule has 0 saturated heterocycles. The molecule has 1 atom stereocenters. The fraction of sp³-hybridized carbons (Fsp3) is 0.0909. The first-order chi connectivity index (χ1) is 14.4. The van der Waals surface area contributed by atoms with Crippen molar-refractivity contribution in [3.8, 4) is 11.6 Å². The summed E-state index contributed by atoms with van der Waals surface area (Å²) >= 11 is -1.66. The summed E-state index contributed by atoms with van der Waals surface area (Å²) in [6.45, 7) is 1.69. The molecular formula is C22H17FN2O4S. The number of fused-ring (bicyclic) bond motifs is 1. The molecule has 8 heteroatoms. The van der Waals surface area contributed by atoms with E-state index in [0.717, 1.165) is 0 Å². The van der Waals surface area contributed by atoms with E-state index in [4.69, 9.17) is 4.74 Å². The maximum atomic E-state index is 13.8. The van der Waals surface area contributed by atoms with Crippen LogP contribution in [0.4, 0.5) is 4.39 Å². The van der Waals surface area contributed by atoms with Gasteiger partial charge in [0.1, 0.15) is 22.9 Å². The molecule has 0 spiro atoms. The molecule has 2 heterocycles. The second-order valence-electron chi connectivity index (χ2n) is 6.58. The fourth-order valence-corrected chi connectivity index (χ4v) is 4.55. The van der Waals surface area contributed by atoms with E-state index in [-0.39, 0.29) is 6.42 Å². The van der Waals surface area contributed by atoms with Gasteiger partial charge in [-0.05, 0) is 61.0 Å². The van der Waals surface area contributed by atoms with Crippen molar-refractivity contribution < 1.29 is 23.6 Å². The molecule has 0 saturated carbocycles. The monoisotopic (exact) mass is 424 g/mol. The molecule has 30 heavy (non-hydrogen) atoms. The van der Waals surface area contributed by atoms with Gasteiger partial charge in [-0.25, -0.2) is 9.37 Å². The van der Waals surface area contributed by atoms with Crippen molar-refractivity contribution in [2.45, 2.75) is 18.2 Å². The Morgan fingerprint density at radius 1 is 1.20 bits per heavy atom. The molecule has 0 fully saturated rings. The minimum Gasteiger partial charge on any atom is -0.587 e. The first kappa shape index (κ1) is 19.9. The van der Waals surface area contributed by atoms with Gasteiger partial charge in [0.2, 0.25) is 5.88 Å². The van der Waals surface area contributed by atoms with Crippen molar-refractivity contribution in [3.05, 3.63) is 83.9 Å². The highest BCUT2D eigenvalue weighted by atomic mass is 32.2. The second-order valence-corrected chi connectivity index (χ2v) is 7.92. The zero-order valence-electron chi connectivity index (χ0n) is 15.9. The van der Waals surface area contributed by atoms with Gasteiger partial charge in [0.05, 0.1) is 17.6 Å². The Labute approximate surface area is 174 Å². The molecule has 0 bridgehead atoms. The smallest absolute Gasteiger partial charge is 0.307 e. The van der Waals surface area contributed by atoms with Gasteiger partial charge < -0.3 is 14.4 Å². The summed E-state index contributed by atoms with van der Waals surface area (Å²) in [5.74, 6) is -0.535. The number of ether oxygens (including phenoxy) is 1. The molecular weight excluding hydrogens is 407 g/mol. The van der Waals surface area contributed by atoms with E-state index in [9.17, 15) is 18.8 Å². The Kier molecular flexibility index (Phi) is 5.43. The SMILES string of the molecule is Cc1c(CC(=O)O)c2cc(F)ccc2n1[S+]([O-])c1ccc(Oc2ccccn2)cc1. The first-order valence-electron chi connectivity index (χ1n) is 9.06. The number of halogens is 1. The van der Waals surface area contributed by atoms with Gasteiger partial charge in [0.15, 0.2) is 4.90 Å². The molecule has 152 valence electrons. The predicted octanol–water partition coefficient (Wildman–Crippen LogP) is 4.47. The van der Waals surface area contributed by atoms with Crippen LogP contribution < -0.4 is 4.74 Å². The number of carboxylic acid groups (broad SMARTS) is 1. The van der Waals surface area contributed by atoms with Gasteiger partial charge >= 0.3 is 5.97 Å². The number of pyridine rings is 1. The molecule has 1 N–H and O–H groups in total. The van der Waals surface area contributed by atoms with Gasteiger partial charge in [-0.1, -0.05) is 6.07 Å². The zero-order chi connectivity index (χ0) is 21.3. The number of carboxylic acids is 1. The van der Waals surface area contributed by atoms with Gasteiger partial charge in [-0.2, -0.15) is 3.97 Å². The number of nitrogens with zero attached hydrogens (tertiary/aromatic N) is 2. The highest BCUT2D eigenvalue weighted by molar-refractivity contribution is 7.90. The largest absolute Gasteiger partial charge is 0.587 e. The zero-order valence-corrected chi connectivity index (χ0v) is 16.7. The standard InChI is InChI=1S/C22H17FN2O4S/c1-14-18(13-22(26)27)19-12-15(23)5-10-20(19)25(14)30(28)17-8-6-16(7-9-17)29-21-4-2-3-11-24-21/h2-12H,13H2,1H3,(H,26,27). The molecule has 0 aliphatic rings. The number of aliphatic carboxylic acids is 1. The number of hydrogen-bond acceptors (Lipinski definition) is 4. The third kappa shape index (κ3) is 3.87.